The van der Waals surface area contributed by atoms with Gasteiger partial charge >= 0.3 is 9.15 Å². The summed E-state index contributed by atoms with van der Waals surface area (Å²) in [7, 11) is -3.63. The molecule has 1 rings (SSSR count). The summed E-state index contributed by atoms with van der Waals surface area (Å²) in [6.07, 6.45) is 0. The molecule has 0 bridgehead atoms. The third-order valence-electron chi connectivity index (χ3n) is 1.08. The summed E-state index contributed by atoms with van der Waals surface area (Å²) in [6, 6.07) is 6.17. The third-order valence-corrected chi connectivity index (χ3v) is 2.97. The Kier molecular flexibility index (Phi) is 2.61. The van der Waals surface area contributed by atoms with Crippen LogP contribution in [0.1, 0.15) is 0 Å². The van der Waals surface area contributed by atoms with Crippen molar-refractivity contribution >= 4 is 25.6 Å². The highest BCUT2D eigenvalue weighted by Crippen LogP contribution is 2.23. The number of nitrogen functional groups attached to an aromatic ring is 1. The van der Waals surface area contributed by atoms with Crippen LogP contribution in [0.3, 0.4) is 0 Å². The first-order valence-corrected chi connectivity index (χ1v) is 5.77. The number of nitrogens with two attached hydrogens (primary N) is 1. The zero-order chi connectivity index (χ0) is 9.19. The fourth-order valence-electron chi connectivity index (χ4n) is 0.645. The van der Waals surface area contributed by atoms with E-state index < -0.39 is 9.15 Å². The summed E-state index contributed by atoms with van der Waals surface area (Å²) in [5, 5.41) is 0. The van der Waals surface area contributed by atoms with Gasteiger partial charge in [0.2, 0.25) is 0 Å². The molecule has 1 aromatic carbocycles. The first-order valence-electron chi connectivity index (χ1n) is 3.00. The van der Waals surface area contributed by atoms with E-state index >= 15 is 0 Å². The van der Waals surface area contributed by atoms with Crippen LogP contribution >= 0.6 is 10.8 Å². The van der Waals surface area contributed by atoms with Gasteiger partial charge in [0.05, 0.1) is 0 Å². The Morgan fingerprint density at radius 3 is 2.17 bits per heavy atom. The average Bonchev–Trinajstić information content (AvgIpc) is 1.91. The number of benzene rings is 1. The van der Waals surface area contributed by atoms with Gasteiger partial charge in [-0.1, -0.05) is 0 Å². The van der Waals surface area contributed by atoms with Crippen LogP contribution in [0.2, 0.25) is 0 Å². The highest BCUT2D eigenvalue weighted by Gasteiger charge is 2.06. The highest BCUT2D eigenvalue weighted by molar-refractivity contribution is 8.69. The number of hydrogen-bond donors (Lipinski definition) is 2. The van der Waals surface area contributed by atoms with Gasteiger partial charge in [-0.15, -0.1) is 0 Å². The average molecular weight is 205 g/mol. The molecule has 1 aromatic rings. The van der Waals surface area contributed by atoms with E-state index in [1.54, 1.807) is 12.1 Å². The minimum absolute atomic E-state index is 0.382. The minimum atomic E-state index is -4.01. The summed E-state index contributed by atoms with van der Waals surface area (Å²) in [5.41, 5.74) is 5.92. The summed E-state index contributed by atoms with van der Waals surface area (Å²) >= 11 is 0. The van der Waals surface area contributed by atoms with Crippen LogP contribution in [0.15, 0.2) is 29.2 Å². The quantitative estimate of drug-likeness (QED) is 0.430. The summed E-state index contributed by atoms with van der Waals surface area (Å²) < 4.78 is 29.2. The molecule has 4 nitrogen and oxygen atoms in total. The molecule has 0 amide bonds. The molecule has 0 aliphatic heterocycles. The van der Waals surface area contributed by atoms with Crippen molar-refractivity contribution in [2.75, 3.05) is 5.73 Å². The van der Waals surface area contributed by atoms with Crippen molar-refractivity contribution in [3.8, 4) is 0 Å². The molecule has 66 valence electrons. The van der Waals surface area contributed by atoms with Gasteiger partial charge in [-0.2, -0.15) is 8.42 Å². The first kappa shape index (κ1) is 9.37. The lowest BCUT2D eigenvalue weighted by Crippen LogP contribution is -1.89. The van der Waals surface area contributed by atoms with Crippen LogP contribution in [-0.4, -0.2) is 13.0 Å². The molecular weight excluding hydrogens is 198 g/mol. The predicted molar refractivity (Wildman–Crippen MR) is 48.3 cm³/mol. The zero-order valence-electron chi connectivity index (χ0n) is 5.97. The molecule has 0 heterocycles. The number of hydrogen-bond acceptors (Lipinski definition) is 4. The van der Waals surface area contributed by atoms with E-state index in [4.69, 9.17) is 10.3 Å². The van der Waals surface area contributed by atoms with Gasteiger partial charge in [0.25, 0.3) is 0 Å². The topological polar surface area (TPSA) is 80.4 Å². The van der Waals surface area contributed by atoms with Crippen molar-refractivity contribution < 1.29 is 13.0 Å². The summed E-state index contributed by atoms with van der Waals surface area (Å²) in [4.78, 5) is 0.437. The zero-order valence-corrected chi connectivity index (χ0v) is 7.60. The van der Waals surface area contributed by atoms with Gasteiger partial charge in [0.15, 0.2) is 0 Å². The molecule has 0 saturated carbocycles. The van der Waals surface area contributed by atoms with E-state index in [-0.39, 0.29) is 0 Å². The van der Waals surface area contributed by atoms with E-state index in [1.807, 2.05) is 0 Å². The van der Waals surface area contributed by atoms with Crippen LogP contribution in [0.25, 0.3) is 0 Å². The normalized spacial score (nSPS) is 11.4. The van der Waals surface area contributed by atoms with Crippen molar-refractivity contribution in [3.05, 3.63) is 24.3 Å². The summed E-state index contributed by atoms with van der Waals surface area (Å²) in [5.74, 6) is 0. The van der Waals surface area contributed by atoms with Crippen molar-refractivity contribution in [2.24, 2.45) is 0 Å². The first-order chi connectivity index (χ1) is 5.47. The molecule has 0 spiro atoms. The Bertz CT molecular complexity index is 357. The Hall–Kier alpha value is -0.720. The SMILES string of the molecule is Nc1ccc(SS(=O)(=O)O)cc1. The van der Waals surface area contributed by atoms with Gasteiger partial charge in [0, 0.05) is 21.4 Å². The second-order valence-corrected chi connectivity index (χ2v) is 5.34. The molecule has 0 fully saturated rings. The number of anilines is 1. The largest absolute Gasteiger partial charge is 0.399 e. The molecule has 0 radical (unpaired) electrons. The third kappa shape index (κ3) is 3.12. The smallest absolute Gasteiger partial charge is 0.324 e. The van der Waals surface area contributed by atoms with Crippen molar-refractivity contribution in [3.63, 3.8) is 0 Å². The molecule has 0 aromatic heterocycles. The van der Waals surface area contributed by atoms with Crippen molar-refractivity contribution in [2.45, 2.75) is 4.90 Å². The van der Waals surface area contributed by atoms with E-state index in [2.05, 4.69) is 0 Å². The number of rotatable bonds is 2. The van der Waals surface area contributed by atoms with Crippen LogP contribution in [0, 0.1) is 0 Å². The molecule has 6 heteroatoms. The lowest BCUT2D eigenvalue weighted by molar-refractivity contribution is 0.503. The fourth-order valence-corrected chi connectivity index (χ4v) is 2.20. The van der Waals surface area contributed by atoms with Gasteiger partial charge in [-0.3, -0.25) is 4.55 Å². The molecule has 0 aliphatic carbocycles. The van der Waals surface area contributed by atoms with Gasteiger partial charge in [0.1, 0.15) is 0 Å². The molecule has 0 aliphatic rings. The molecule has 12 heavy (non-hydrogen) atoms. The summed E-state index contributed by atoms with van der Waals surface area (Å²) in [6.45, 7) is 0. The van der Waals surface area contributed by atoms with Gasteiger partial charge in [-0.05, 0) is 24.3 Å². The monoisotopic (exact) mass is 205 g/mol. The second-order valence-electron chi connectivity index (χ2n) is 2.08. The van der Waals surface area contributed by atoms with Gasteiger partial charge in [-0.25, -0.2) is 0 Å². The standard InChI is InChI=1S/C6H7NO3S2/c7-5-1-3-6(4-2-5)11-12(8,9)10/h1-4H,7H2,(H,8,9,10). The van der Waals surface area contributed by atoms with E-state index in [1.165, 1.54) is 12.1 Å². The van der Waals surface area contributed by atoms with Crippen molar-refractivity contribution in [1.82, 2.24) is 0 Å². The van der Waals surface area contributed by atoms with Crippen LogP contribution in [-0.2, 0) is 9.15 Å². The molecule has 0 atom stereocenters. The van der Waals surface area contributed by atoms with E-state index in [0.717, 1.165) is 0 Å². The maximum absolute atomic E-state index is 10.4. The molecular formula is C6H7NO3S2. The molecule has 0 saturated heterocycles. The maximum atomic E-state index is 10.4. The predicted octanol–water partition coefficient (Wildman–Crippen LogP) is 1.16. The van der Waals surface area contributed by atoms with E-state index in [9.17, 15) is 8.42 Å². The minimum Gasteiger partial charge on any atom is -0.399 e. The van der Waals surface area contributed by atoms with E-state index in [0.29, 0.717) is 21.4 Å². The molecule has 0 unspecified atom stereocenters. The van der Waals surface area contributed by atoms with Crippen molar-refractivity contribution in [1.29, 1.82) is 0 Å². The Morgan fingerprint density at radius 2 is 1.75 bits per heavy atom. The van der Waals surface area contributed by atoms with Crippen LogP contribution < -0.4 is 5.73 Å². The lowest BCUT2D eigenvalue weighted by Gasteiger charge is -1.96. The van der Waals surface area contributed by atoms with Gasteiger partial charge < -0.3 is 5.73 Å². The Balaban J connectivity index is 2.85. The Morgan fingerprint density at radius 1 is 1.25 bits per heavy atom. The fraction of sp³-hybridized carbons (Fsp3) is 0. The second kappa shape index (κ2) is 3.34. The maximum Gasteiger partial charge on any atom is 0.324 e. The van der Waals surface area contributed by atoms with Crippen LogP contribution in [0.4, 0.5) is 5.69 Å². The highest BCUT2D eigenvalue weighted by atomic mass is 33.1. The van der Waals surface area contributed by atoms with Crippen LogP contribution in [0.5, 0.6) is 0 Å². The Labute approximate surface area is 73.9 Å². The molecule has 3 N–H and O–H groups in total. The lowest BCUT2D eigenvalue weighted by atomic mass is 10.3.